The second kappa shape index (κ2) is 6.57. The summed E-state index contributed by atoms with van der Waals surface area (Å²) in [6.07, 6.45) is 0. The van der Waals surface area contributed by atoms with Crippen molar-refractivity contribution in [2.45, 2.75) is 20.8 Å². The van der Waals surface area contributed by atoms with Crippen LogP contribution < -0.4 is 9.62 Å². The van der Waals surface area contributed by atoms with Crippen molar-refractivity contribution in [2.24, 2.45) is 5.92 Å². The van der Waals surface area contributed by atoms with E-state index in [1.807, 2.05) is 32.0 Å². The first kappa shape index (κ1) is 18.1. The summed E-state index contributed by atoms with van der Waals surface area (Å²) < 4.78 is 25.1. The van der Waals surface area contributed by atoms with Crippen molar-refractivity contribution in [3.8, 4) is 0 Å². The van der Waals surface area contributed by atoms with Crippen molar-refractivity contribution in [2.75, 3.05) is 15.4 Å². The highest BCUT2D eigenvalue weighted by molar-refractivity contribution is 7.94. The third-order valence-corrected chi connectivity index (χ3v) is 6.07. The first-order chi connectivity index (χ1) is 12.2. The predicted molar refractivity (Wildman–Crippen MR) is 101 cm³/mol. The van der Waals surface area contributed by atoms with E-state index >= 15 is 0 Å². The molecule has 1 saturated heterocycles. The molecule has 1 N–H and O–H groups in total. The molecule has 0 aliphatic carbocycles. The summed E-state index contributed by atoms with van der Waals surface area (Å²) in [5, 5.41) is 2.82. The van der Waals surface area contributed by atoms with Crippen LogP contribution in [0, 0.1) is 19.8 Å². The molecule has 0 unspecified atom stereocenters. The molecule has 6 nitrogen and oxygen atoms in total. The molecule has 1 atom stereocenters. The van der Waals surface area contributed by atoms with Crippen LogP contribution in [0.5, 0.6) is 0 Å². The van der Waals surface area contributed by atoms with Gasteiger partial charge in [-0.2, -0.15) is 0 Å². The van der Waals surface area contributed by atoms with Crippen LogP contribution in [0.4, 0.5) is 11.4 Å². The number of rotatable bonds is 3. The quantitative estimate of drug-likeness (QED) is 0.898. The maximum Gasteiger partial charge on any atom is 0.255 e. The number of amides is 2. The fraction of sp³-hybridized carbons (Fsp3) is 0.263. The summed E-state index contributed by atoms with van der Waals surface area (Å²) in [6.45, 7) is 5.49. The van der Waals surface area contributed by atoms with Gasteiger partial charge in [0.15, 0.2) is 0 Å². The van der Waals surface area contributed by atoms with Crippen LogP contribution in [0.15, 0.2) is 42.5 Å². The van der Waals surface area contributed by atoms with Crippen LogP contribution >= 0.6 is 0 Å². The average Bonchev–Trinajstić information content (AvgIpc) is 2.74. The Bertz CT molecular complexity index is 961. The molecule has 26 heavy (non-hydrogen) atoms. The predicted octanol–water partition coefficient (Wildman–Crippen LogP) is 2.87. The van der Waals surface area contributed by atoms with E-state index in [4.69, 9.17) is 0 Å². The summed E-state index contributed by atoms with van der Waals surface area (Å²) in [6, 6.07) is 11.7. The summed E-state index contributed by atoms with van der Waals surface area (Å²) >= 11 is 0. The smallest absolute Gasteiger partial charge is 0.255 e. The van der Waals surface area contributed by atoms with Gasteiger partial charge in [-0.15, -0.1) is 0 Å². The molecule has 3 rings (SSSR count). The number of hydrogen-bond donors (Lipinski definition) is 1. The van der Waals surface area contributed by atoms with E-state index in [0.29, 0.717) is 11.3 Å². The fourth-order valence-corrected chi connectivity index (χ4v) is 4.91. The lowest BCUT2D eigenvalue weighted by Gasteiger charge is -2.15. The number of nitrogens with one attached hydrogen (secondary N) is 1. The standard InChI is InChI=1S/C19H20N2O4S/c1-12-8-13(2)10-16(9-12)20-18(22)15-4-6-17(7-5-15)21-19(23)14(3)11-26(21,24)25/h4-10,14H,11H2,1-3H3,(H,20,22)/t14-/m1/s1. The van der Waals surface area contributed by atoms with Crippen LogP contribution in [-0.4, -0.2) is 26.0 Å². The summed E-state index contributed by atoms with van der Waals surface area (Å²) in [5.41, 5.74) is 3.42. The second-order valence-electron chi connectivity index (χ2n) is 6.66. The van der Waals surface area contributed by atoms with E-state index < -0.39 is 21.8 Å². The van der Waals surface area contributed by atoms with Gasteiger partial charge in [0.2, 0.25) is 15.9 Å². The fourth-order valence-electron chi connectivity index (χ4n) is 3.09. The zero-order valence-corrected chi connectivity index (χ0v) is 15.6. The lowest BCUT2D eigenvalue weighted by Crippen LogP contribution is -2.30. The van der Waals surface area contributed by atoms with E-state index in [1.165, 1.54) is 24.3 Å². The summed E-state index contributed by atoms with van der Waals surface area (Å²) in [5.74, 6) is -1.50. The van der Waals surface area contributed by atoms with Gasteiger partial charge in [-0.1, -0.05) is 13.0 Å². The first-order valence-corrected chi connectivity index (χ1v) is 9.85. The molecule has 1 fully saturated rings. The van der Waals surface area contributed by atoms with Gasteiger partial charge in [0.05, 0.1) is 17.4 Å². The number of benzene rings is 2. The number of nitrogens with zero attached hydrogens (tertiary/aromatic N) is 1. The molecule has 7 heteroatoms. The second-order valence-corrected chi connectivity index (χ2v) is 8.52. The van der Waals surface area contributed by atoms with E-state index in [1.54, 1.807) is 6.92 Å². The number of aryl methyl sites for hydroxylation is 2. The minimum atomic E-state index is -3.65. The van der Waals surface area contributed by atoms with Gasteiger partial charge in [-0.3, -0.25) is 9.59 Å². The van der Waals surface area contributed by atoms with Gasteiger partial charge in [0.25, 0.3) is 5.91 Å². The van der Waals surface area contributed by atoms with Crippen LogP contribution in [-0.2, 0) is 14.8 Å². The maximum absolute atomic E-state index is 12.4. The van der Waals surface area contributed by atoms with Crippen molar-refractivity contribution in [1.29, 1.82) is 0 Å². The van der Waals surface area contributed by atoms with Crippen molar-refractivity contribution in [3.05, 3.63) is 59.2 Å². The lowest BCUT2D eigenvalue weighted by atomic mass is 10.1. The molecular weight excluding hydrogens is 352 g/mol. The Morgan fingerprint density at radius 2 is 1.65 bits per heavy atom. The Labute approximate surface area is 152 Å². The Morgan fingerprint density at radius 3 is 2.15 bits per heavy atom. The van der Waals surface area contributed by atoms with E-state index in [-0.39, 0.29) is 17.3 Å². The highest BCUT2D eigenvalue weighted by Gasteiger charge is 2.41. The highest BCUT2D eigenvalue weighted by atomic mass is 32.2. The SMILES string of the molecule is Cc1cc(C)cc(NC(=O)c2ccc(N3C(=O)[C@H](C)CS3(=O)=O)cc2)c1. The monoisotopic (exact) mass is 372 g/mol. The molecule has 0 bridgehead atoms. The molecule has 0 aromatic heterocycles. The molecule has 2 aromatic rings. The van der Waals surface area contributed by atoms with Gasteiger partial charge in [-0.25, -0.2) is 12.7 Å². The van der Waals surface area contributed by atoms with Crippen molar-refractivity contribution >= 4 is 33.2 Å². The number of sulfonamides is 1. The average molecular weight is 372 g/mol. The van der Waals surface area contributed by atoms with Gasteiger partial charge >= 0.3 is 0 Å². The number of hydrogen-bond acceptors (Lipinski definition) is 4. The van der Waals surface area contributed by atoms with E-state index in [0.717, 1.165) is 15.4 Å². The maximum atomic E-state index is 12.4. The van der Waals surface area contributed by atoms with Gasteiger partial charge in [0.1, 0.15) is 0 Å². The molecule has 136 valence electrons. The normalized spacial score (nSPS) is 18.8. The van der Waals surface area contributed by atoms with Crippen molar-refractivity contribution < 1.29 is 18.0 Å². The van der Waals surface area contributed by atoms with Crippen LogP contribution in [0.25, 0.3) is 0 Å². The number of anilines is 2. The highest BCUT2D eigenvalue weighted by Crippen LogP contribution is 2.28. The molecule has 1 aliphatic rings. The molecule has 2 amide bonds. The van der Waals surface area contributed by atoms with Crippen molar-refractivity contribution in [3.63, 3.8) is 0 Å². The third-order valence-electron chi connectivity index (χ3n) is 4.20. The van der Waals surface area contributed by atoms with E-state index in [9.17, 15) is 18.0 Å². The zero-order chi connectivity index (χ0) is 19.1. The largest absolute Gasteiger partial charge is 0.322 e. The van der Waals surface area contributed by atoms with Crippen LogP contribution in [0.2, 0.25) is 0 Å². The molecule has 0 saturated carbocycles. The first-order valence-electron chi connectivity index (χ1n) is 8.24. The minimum absolute atomic E-state index is 0.194. The Balaban J connectivity index is 1.81. The summed E-state index contributed by atoms with van der Waals surface area (Å²) in [4.78, 5) is 24.5. The summed E-state index contributed by atoms with van der Waals surface area (Å²) in [7, 11) is -3.65. The van der Waals surface area contributed by atoms with E-state index in [2.05, 4.69) is 5.32 Å². The topological polar surface area (TPSA) is 83.6 Å². The molecule has 1 aliphatic heterocycles. The Kier molecular flexibility index (Phi) is 4.58. The third kappa shape index (κ3) is 3.48. The molecule has 2 aromatic carbocycles. The number of carbonyl (C=O) groups is 2. The van der Waals surface area contributed by atoms with Crippen LogP contribution in [0.1, 0.15) is 28.4 Å². The molecule has 0 radical (unpaired) electrons. The van der Waals surface area contributed by atoms with Gasteiger partial charge in [0, 0.05) is 11.3 Å². The van der Waals surface area contributed by atoms with Gasteiger partial charge in [-0.05, 0) is 61.4 Å². The molecule has 1 heterocycles. The molecule has 0 spiro atoms. The number of carbonyl (C=O) groups excluding carboxylic acids is 2. The van der Waals surface area contributed by atoms with Gasteiger partial charge < -0.3 is 5.32 Å². The molecular formula is C19H20N2O4S. The van der Waals surface area contributed by atoms with Crippen molar-refractivity contribution in [1.82, 2.24) is 0 Å². The van der Waals surface area contributed by atoms with Crippen LogP contribution in [0.3, 0.4) is 0 Å². The minimum Gasteiger partial charge on any atom is -0.322 e. The lowest BCUT2D eigenvalue weighted by molar-refractivity contribution is -0.119. The Morgan fingerprint density at radius 1 is 1.08 bits per heavy atom. The zero-order valence-electron chi connectivity index (χ0n) is 14.8. The Hall–Kier alpha value is -2.67.